The van der Waals surface area contributed by atoms with Gasteiger partial charge >= 0.3 is 6.09 Å². The molecule has 2 aromatic rings. The van der Waals surface area contributed by atoms with Crippen LogP contribution in [0, 0.1) is 17.8 Å². The smallest absolute Gasteiger partial charge is 0.408 e. The summed E-state index contributed by atoms with van der Waals surface area (Å²) in [5.41, 5.74) is 7.70. The molecule has 6 atom stereocenters. The van der Waals surface area contributed by atoms with Gasteiger partial charge in [0.1, 0.15) is 11.6 Å². The van der Waals surface area contributed by atoms with Crippen LogP contribution in [0.3, 0.4) is 0 Å². The molecule has 0 spiro atoms. The number of Topliss-reactive ketones (excluding diaryl/α,β-unsaturated/α-hetero) is 1. The van der Waals surface area contributed by atoms with E-state index in [1.807, 2.05) is 48.5 Å². The molecule has 4 unspecified atom stereocenters. The second-order valence-corrected chi connectivity index (χ2v) is 20.9. The average molecular weight is 696 g/mol. The van der Waals surface area contributed by atoms with Crippen molar-refractivity contribution in [2.45, 2.75) is 117 Å². The Labute approximate surface area is 295 Å². The maximum atomic E-state index is 14.9. The normalized spacial score (nSPS) is 21.0. The molecule has 0 bridgehead atoms. The van der Waals surface area contributed by atoms with E-state index in [1.54, 1.807) is 32.6 Å². The molecule has 3 N–H and O–H groups in total. The van der Waals surface area contributed by atoms with Gasteiger partial charge in [-0.15, -0.1) is 0 Å². The Hall–Kier alpha value is -3.05. The molecular weight excluding hydrogens is 635 g/mol. The van der Waals surface area contributed by atoms with E-state index in [1.165, 1.54) is 0 Å². The number of nitrogens with one attached hydrogen (secondary N) is 1. The van der Waals surface area contributed by atoms with Gasteiger partial charge in [0, 0.05) is 19.7 Å². The van der Waals surface area contributed by atoms with E-state index in [2.05, 4.69) is 58.2 Å². The summed E-state index contributed by atoms with van der Waals surface area (Å²) in [5.74, 6) is -1.01. The van der Waals surface area contributed by atoms with Gasteiger partial charge in [-0.3, -0.25) is 9.59 Å². The first-order valence-corrected chi connectivity index (χ1v) is 20.6. The van der Waals surface area contributed by atoms with Gasteiger partial charge in [0.15, 0.2) is 14.1 Å². The zero-order valence-corrected chi connectivity index (χ0v) is 32.5. The molecule has 1 aliphatic rings. The van der Waals surface area contributed by atoms with Gasteiger partial charge in [-0.2, -0.15) is 0 Å². The molecule has 1 fully saturated rings. The van der Waals surface area contributed by atoms with E-state index in [0.717, 1.165) is 11.1 Å². The minimum atomic E-state index is -2.37. The number of nitrogens with two attached hydrogens (primary N) is 1. The van der Waals surface area contributed by atoms with Crippen molar-refractivity contribution in [1.82, 2.24) is 10.2 Å². The Balaban J connectivity index is 2.01. The Morgan fingerprint density at radius 2 is 1.53 bits per heavy atom. The number of ketones is 1. The summed E-state index contributed by atoms with van der Waals surface area (Å²) in [4.78, 5) is 43.1. The summed E-state index contributed by atoms with van der Waals surface area (Å²) in [5, 5.41) is 2.56. The molecule has 1 aliphatic heterocycles. The molecule has 9 nitrogen and oxygen atoms in total. The van der Waals surface area contributed by atoms with Crippen LogP contribution in [0.25, 0.3) is 0 Å². The molecule has 272 valence electrons. The summed E-state index contributed by atoms with van der Waals surface area (Å²) in [6.07, 6.45) is -0.0230. The predicted molar refractivity (Wildman–Crippen MR) is 197 cm³/mol. The van der Waals surface area contributed by atoms with Gasteiger partial charge in [0.05, 0.1) is 24.7 Å². The maximum Gasteiger partial charge on any atom is 0.408 e. The maximum absolute atomic E-state index is 14.9. The molecule has 2 aromatic carbocycles. The van der Waals surface area contributed by atoms with E-state index in [9.17, 15) is 14.4 Å². The Morgan fingerprint density at radius 3 is 2.06 bits per heavy atom. The van der Waals surface area contributed by atoms with E-state index in [0.29, 0.717) is 32.6 Å². The number of hydrogen-bond donors (Lipinski definition) is 2. The number of alkyl carbamates (subject to hydrolysis) is 1. The Bertz CT molecular complexity index is 1360. The van der Waals surface area contributed by atoms with Gasteiger partial charge < -0.3 is 29.9 Å². The van der Waals surface area contributed by atoms with Crippen LogP contribution in [0.5, 0.6) is 0 Å². The van der Waals surface area contributed by atoms with Crippen LogP contribution in [-0.4, -0.2) is 74.5 Å². The van der Waals surface area contributed by atoms with Crippen LogP contribution in [0.2, 0.25) is 18.1 Å². The first kappa shape index (κ1) is 40.4. The number of amides is 2. The van der Waals surface area contributed by atoms with Crippen LogP contribution >= 0.6 is 0 Å². The summed E-state index contributed by atoms with van der Waals surface area (Å²) in [6.45, 7) is 21.4. The Morgan fingerprint density at radius 1 is 0.959 bits per heavy atom. The lowest BCUT2D eigenvalue weighted by Gasteiger charge is -2.44. The molecule has 0 radical (unpaired) electrons. The van der Waals surface area contributed by atoms with Crippen LogP contribution in [0.4, 0.5) is 4.79 Å². The van der Waals surface area contributed by atoms with Crippen molar-refractivity contribution < 1.29 is 28.3 Å². The number of likely N-dealkylation sites (tertiary alicyclic amines) is 1. The monoisotopic (exact) mass is 695 g/mol. The summed E-state index contributed by atoms with van der Waals surface area (Å²) in [6, 6.07) is 18.3. The fourth-order valence-corrected chi connectivity index (χ4v) is 7.56. The molecule has 0 saturated carbocycles. The number of rotatable bonds is 14. The number of benzene rings is 2. The van der Waals surface area contributed by atoms with Crippen LogP contribution in [-0.2, 0) is 36.5 Å². The second kappa shape index (κ2) is 17.2. The number of hydrogen-bond acceptors (Lipinski definition) is 7. The molecule has 1 saturated heterocycles. The predicted octanol–water partition coefficient (Wildman–Crippen LogP) is 6.75. The molecule has 0 aliphatic carbocycles. The van der Waals surface area contributed by atoms with Crippen molar-refractivity contribution in [2.75, 3.05) is 19.7 Å². The standard InChI is InChI=1S/C39H61N3O6Si/c1-27(25-46-26-30-19-15-12-16-20-30)31-21-22-42(33(24-40)34(43)28(2)41-37(45)47-38(3,4)5)36(44)32(23-29-17-13-11-14-18-29)35(31)48-49(9,10)39(6,7)8/h11-20,27-28,31-33,35H,21-26,40H2,1-10H3,(H,41,45)/t27-,28-,31?,32?,33?,35?/m0/s1. The van der Waals surface area contributed by atoms with E-state index >= 15 is 0 Å². The molecule has 3 rings (SSSR count). The quantitative estimate of drug-likeness (QED) is 0.210. The van der Waals surface area contributed by atoms with Gasteiger partial charge in [0.25, 0.3) is 0 Å². The fraction of sp³-hybridized carbons (Fsp3) is 0.615. The minimum Gasteiger partial charge on any atom is -0.444 e. The third kappa shape index (κ3) is 11.5. The van der Waals surface area contributed by atoms with Crippen molar-refractivity contribution in [2.24, 2.45) is 23.5 Å². The van der Waals surface area contributed by atoms with Crippen molar-refractivity contribution in [3.8, 4) is 0 Å². The van der Waals surface area contributed by atoms with E-state index < -0.39 is 44.1 Å². The molecule has 10 heteroatoms. The van der Waals surface area contributed by atoms with Crippen molar-refractivity contribution >= 4 is 26.1 Å². The second-order valence-electron chi connectivity index (χ2n) is 16.1. The van der Waals surface area contributed by atoms with E-state index in [4.69, 9.17) is 19.6 Å². The van der Waals surface area contributed by atoms with Crippen molar-refractivity contribution in [3.63, 3.8) is 0 Å². The lowest BCUT2D eigenvalue weighted by atomic mass is 9.79. The summed E-state index contributed by atoms with van der Waals surface area (Å²) >= 11 is 0. The van der Waals surface area contributed by atoms with Gasteiger partial charge in [0.2, 0.25) is 5.91 Å². The number of nitrogens with zero attached hydrogens (tertiary/aromatic N) is 1. The zero-order chi connectivity index (χ0) is 36.6. The van der Waals surface area contributed by atoms with Gasteiger partial charge in [-0.25, -0.2) is 4.79 Å². The summed E-state index contributed by atoms with van der Waals surface area (Å²) in [7, 11) is -2.37. The lowest BCUT2D eigenvalue weighted by molar-refractivity contribution is -0.144. The highest BCUT2D eigenvalue weighted by atomic mass is 28.4. The van der Waals surface area contributed by atoms with Crippen LogP contribution in [0.15, 0.2) is 60.7 Å². The number of carbonyl (C=O) groups excluding carboxylic acids is 3. The minimum absolute atomic E-state index is 0.0293. The molecule has 0 aromatic heterocycles. The Kier molecular flexibility index (Phi) is 14.2. The van der Waals surface area contributed by atoms with Gasteiger partial charge in [-0.05, 0) is 81.6 Å². The first-order valence-electron chi connectivity index (χ1n) is 17.7. The number of carbonyl (C=O) groups is 3. The van der Waals surface area contributed by atoms with Gasteiger partial charge in [-0.1, -0.05) is 88.4 Å². The third-order valence-corrected chi connectivity index (χ3v) is 14.4. The third-order valence-electron chi connectivity index (χ3n) is 9.97. The summed E-state index contributed by atoms with van der Waals surface area (Å²) < 4.78 is 19.0. The molecule has 49 heavy (non-hydrogen) atoms. The van der Waals surface area contributed by atoms with E-state index in [-0.39, 0.29) is 35.1 Å². The molecule has 2 amide bonds. The largest absolute Gasteiger partial charge is 0.444 e. The van der Waals surface area contributed by atoms with Crippen molar-refractivity contribution in [1.29, 1.82) is 0 Å². The highest BCUT2D eigenvalue weighted by molar-refractivity contribution is 6.74. The lowest BCUT2D eigenvalue weighted by Crippen LogP contribution is -2.57. The average Bonchev–Trinajstić information content (AvgIpc) is 3.13. The highest BCUT2D eigenvalue weighted by Gasteiger charge is 2.49. The first-order chi connectivity index (χ1) is 22.8. The number of ether oxygens (including phenoxy) is 2. The molecule has 1 heterocycles. The highest BCUT2D eigenvalue weighted by Crippen LogP contribution is 2.43. The SMILES string of the molecule is C[C@H](NC(=O)OC(C)(C)C)C(=O)C(CN)N1CCC([C@@H](C)COCc2ccccc2)C(O[Si](C)(C)C(C)(C)C)C(Cc2ccccc2)C1=O. The molecular formula is C39H61N3O6Si. The fourth-order valence-electron chi connectivity index (χ4n) is 6.19. The van der Waals surface area contributed by atoms with Crippen molar-refractivity contribution in [3.05, 3.63) is 71.8 Å². The van der Waals surface area contributed by atoms with Crippen LogP contribution < -0.4 is 11.1 Å². The zero-order valence-electron chi connectivity index (χ0n) is 31.5. The topological polar surface area (TPSA) is 120 Å². The van der Waals surface area contributed by atoms with Crippen LogP contribution in [0.1, 0.15) is 72.9 Å².